The van der Waals surface area contributed by atoms with Crippen molar-refractivity contribution < 1.29 is 8.83 Å². The lowest BCUT2D eigenvalue weighted by atomic mass is 10.0. The Morgan fingerprint density at radius 2 is 1.07 bits per heavy atom. The first-order valence-corrected chi connectivity index (χ1v) is 15.0. The van der Waals surface area contributed by atoms with Gasteiger partial charge in [-0.25, -0.2) is 9.98 Å². The van der Waals surface area contributed by atoms with E-state index in [1.54, 1.807) is 0 Å². The molecule has 3 aromatic heterocycles. The molecule has 1 aliphatic heterocycles. The zero-order valence-electron chi connectivity index (χ0n) is 23.9. The average Bonchev–Trinajstić information content (AvgIpc) is 3.77. The molecule has 0 spiro atoms. The Kier molecular flexibility index (Phi) is 4.96. The maximum Gasteiger partial charge on any atom is 0.224 e. The minimum atomic E-state index is -0.555. The minimum Gasteiger partial charge on any atom is -0.456 e. The molecule has 9 aromatic rings. The molecule has 10 rings (SSSR count). The van der Waals surface area contributed by atoms with Crippen LogP contribution >= 0.6 is 0 Å². The fourth-order valence-corrected chi connectivity index (χ4v) is 6.88. The van der Waals surface area contributed by atoms with Crippen molar-refractivity contribution in [3.05, 3.63) is 145 Å². The highest BCUT2D eigenvalue weighted by molar-refractivity contribution is 6.24. The summed E-state index contributed by atoms with van der Waals surface area (Å²) in [7, 11) is 0. The number of aromatic nitrogens is 1. The number of para-hydroxylation sites is 4. The van der Waals surface area contributed by atoms with E-state index in [0.717, 1.165) is 77.7 Å². The normalized spacial score (nSPS) is 15.3. The molecule has 0 saturated carbocycles. The summed E-state index contributed by atoms with van der Waals surface area (Å²) >= 11 is 0. The van der Waals surface area contributed by atoms with E-state index in [2.05, 4.69) is 94.8 Å². The van der Waals surface area contributed by atoms with Gasteiger partial charge in [0.2, 0.25) is 6.29 Å². The lowest BCUT2D eigenvalue weighted by Gasteiger charge is -2.24. The number of benzene rings is 6. The first-order valence-electron chi connectivity index (χ1n) is 15.0. The molecule has 4 heterocycles. The van der Waals surface area contributed by atoms with Gasteiger partial charge in [-0.2, -0.15) is 0 Å². The van der Waals surface area contributed by atoms with Crippen molar-refractivity contribution in [2.75, 3.05) is 0 Å². The van der Waals surface area contributed by atoms with Crippen molar-refractivity contribution in [1.82, 2.24) is 9.88 Å². The van der Waals surface area contributed by atoms with Gasteiger partial charge in [-0.1, -0.05) is 91.0 Å². The topological polar surface area (TPSA) is 68.0 Å². The van der Waals surface area contributed by atoms with Crippen LogP contribution in [0.5, 0.6) is 0 Å². The van der Waals surface area contributed by atoms with E-state index in [1.165, 1.54) is 10.8 Å². The van der Waals surface area contributed by atoms with E-state index < -0.39 is 6.29 Å². The second-order valence-corrected chi connectivity index (χ2v) is 11.4. The Labute approximate surface area is 256 Å². The van der Waals surface area contributed by atoms with Crippen LogP contribution in [0.15, 0.2) is 152 Å². The molecular weight excluding hydrogens is 556 g/mol. The molecule has 0 fully saturated rings. The van der Waals surface area contributed by atoms with E-state index in [0.29, 0.717) is 0 Å². The van der Waals surface area contributed by atoms with E-state index in [-0.39, 0.29) is 0 Å². The SMILES string of the molecule is c1ccc2c(c1)oc1cc(C3=NC(n4c5ccccc5c5ccccc54)N=C(c4cccc5oc6ccccc6c45)N3)ccc12. The van der Waals surface area contributed by atoms with E-state index >= 15 is 0 Å². The summed E-state index contributed by atoms with van der Waals surface area (Å²) in [5.74, 6) is 1.45. The number of hydrogen-bond acceptors (Lipinski definition) is 5. The smallest absolute Gasteiger partial charge is 0.224 e. The summed E-state index contributed by atoms with van der Waals surface area (Å²) in [6, 6.07) is 45.6. The molecule has 6 heteroatoms. The van der Waals surface area contributed by atoms with Crippen LogP contribution in [0.25, 0.3) is 65.7 Å². The van der Waals surface area contributed by atoms with Crippen LogP contribution in [0.4, 0.5) is 0 Å². The number of fused-ring (bicyclic) bond motifs is 9. The first kappa shape index (κ1) is 24.3. The maximum absolute atomic E-state index is 6.27. The number of nitrogens with one attached hydrogen (secondary N) is 1. The summed E-state index contributed by atoms with van der Waals surface area (Å²) < 4.78 is 14.8. The lowest BCUT2D eigenvalue weighted by Crippen LogP contribution is -2.37. The third-order valence-corrected chi connectivity index (χ3v) is 8.88. The zero-order valence-corrected chi connectivity index (χ0v) is 23.9. The molecule has 1 N–H and O–H groups in total. The number of rotatable bonds is 3. The van der Waals surface area contributed by atoms with Crippen LogP contribution in [0.1, 0.15) is 17.4 Å². The Bertz CT molecular complexity index is 2650. The van der Waals surface area contributed by atoms with Gasteiger partial charge < -0.3 is 14.2 Å². The fraction of sp³-hybridized carbons (Fsp3) is 0.0256. The van der Waals surface area contributed by atoms with Gasteiger partial charge in [0.1, 0.15) is 34.0 Å². The largest absolute Gasteiger partial charge is 0.456 e. The van der Waals surface area contributed by atoms with E-state index in [9.17, 15) is 0 Å². The number of nitrogens with zero attached hydrogens (tertiary/aromatic N) is 3. The number of aliphatic imine (C=N–C) groups is 2. The monoisotopic (exact) mass is 580 g/mol. The molecule has 6 nitrogen and oxygen atoms in total. The Morgan fingerprint density at radius 1 is 0.489 bits per heavy atom. The molecule has 1 aliphatic rings. The van der Waals surface area contributed by atoms with Crippen molar-refractivity contribution in [2.45, 2.75) is 6.29 Å². The molecule has 0 radical (unpaired) electrons. The van der Waals surface area contributed by atoms with E-state index in [1.807, 2.05) is 48.5 Å². The minimum absolute atomic E-state index is 0.555. The van der Waals surface area contributed by atoms with Crippen LogP contribution < -0.4 is 5.32 Å². The molecule has 1 unspecified atom stereocenters. The quantitative estimate of drug-likeness (QED) is 0.226. The molecule has 6 aromatic carbocycles. The number of amidine groups is 2. The average molecular weight is 581 g/mol. The second kappa shape index (κ2) is 9.18. The van der Waals surface area contributed by atoms with Crippen molar-refractivity contribution in [1.29, 1.82) is 0 Å². The number of furan rings is 2. The molecule has 1 atom stereocenters. The number of hydrogen-bond donors (Lipinski definition) is 1. The van der Waals surface area contributed by atoms with Crippen molar-refractivity contribution >= 4 is 77.4 Å². The summed E-state index contributed by atoms with van der Waals surface area (Å²) in [5.41, 5.74) is 7.39. The van der Waals surface area contributed by atoms with Crippen molar-refractivity contribution in [3.8, 4) is 0 Å². The molecule has 0 amide bonds. The lowest BCUT2D eigenvalue weighted by molar-refractivity contribution is 0.575. The molecule has 212 valence electrons. The van der Waals surface area contributed by atoms with Crippen LogP contribution in [0.3, 0.4) is 0 Å². The maximum atomic E-state index is 6.27. The van der Waals surface area contributed by atoms with Crippen LogP contribution in [-0.4, -0.2) is 16.2 Å². The van der Waals surface area contributed by atoms with E-state index in [4.69, 9.17) is 18.8 Å². The van der Waals surface area contributed by atoms with Gasteiger partial charge in [0.05, 0.1) is 11.0 Å². The highest BCUT2D eigenvalue weighted by Gasteiger charge is 2.26. The summed E-state index contributed by atoms with van der Waals surface area (Å²) in [4.78, 5) is 10.6. The van der Waals surface area contributed by atoms with Gasteiger partial charge in [0, 0.05) is 43.4 Å². The molecule has 0 bridgehead atoms. The zero-order chi connectivity index (χ0) is 29.5. The Balaban J connectivity index is 1.23. The highest BCUT2D eigenvalue weighted by Crippen LogP contribution is 2.36. The van der Waals surface area contributed by atoms with Gasteiger partial charge in [-0.15, -0.1) is 0 Å². The fourth-order valence-electron chi connectivity index (χ4n) is 6.88. The third-order valence-electron chi connectivity index (χ3n) is 8.88. The predicted molar refractivity (Wildman–Crippen MR) is 182 cm³/mol. The summed E-state index contributed by atoms with van der Waals surface area (Å²) in [5, 5.41) is 10.2. The van der Waals surface area contributed by atoms with Gasteiger partial charge >= 0.3 is 0 Å². The summed E-state index contributed by atoms with van der Waals surface area (Å²) in [6.07, 6.45) is -0.555. The van der Waals surface area contributed by atoms with Crippen molar-refractivity contribution in [2.24, 2.45) is 9.98 Å². The molecule has 0 saturated heterocycles. The van der Waals surface area contributed by atoms with Crippen LogP contribution in [-0.2, 0) is 0 Å². The predicted octanol–water partition coefficient (Wildman–Crippen LogP) is 9.55. The highest BCUT2D eigenvalue weighted by atomic mass is 16.3. The van der Waals surface area contributed by atoms with Crippen LogP contribution in [0.2, 0.25) is 0 Å². The van der Waals surface area contributed by atoms with Gasteiger partial charge in [-0.05, 0) is 42.5 Å². The summed E-state index contributed by atoms with van der Waals surface area (Å²) in [6.45, 7) is 0. The Hall–Kier alpha value is -6.14. The van der Waals surface area contributed by atoms with Gasteiger partial charge in [-0.3, -0.25) is 4.57 Å². The van der Waals surface area contributed by atoms with Crippen LogP contribution in [0, 0.1) is 0 Å². The van der Waals surface area contributed by atoms with Crippen molar-refractivity contribution in [3.63, 3.8) is 0 Å². The standard InChI is InChI=1S/C39H24N4O2/c1-5-15-30-24(10-1)25-11-2-6-16-31(25)43(30)39-41-37(23-20-21-27-26-12-3-7-17-32(26)45-35(27)22-23)40-38(42-39)29-14-9-19-34-36(29)28-13-4-8-18-33(28)44-34/h1-22,39H,(H,40,41,42). The molecular formula is C39H24N4O2. The second-order valence-electron chi connectivity index (χ2n) is 11.4. The molecule has 0 aliphatic carbocycles. The molecule has 45 heavy (non-hydrogen) atoms. The van der Waals surface area contributed by atoms with Gasteiger partial charge in [0.15, 0.2) is 0 Å². The van der Waals surface area contributed by atoms with Gasteiger partial charge in [0.25, 0.3) is 0 Å². The Morgan fingerprint density at radius 3 is 1.84 bits per heavy atom. The first-order chi connectivity index (χ1) is 22.3. The third kappa shape index (κ3) is 3.57.